The molecule has 2 heterocycles. The fourth-order valence-electron chi connectivity index (χ4n) is 1.46. The van der Waals surface area contributed by atoms with Crippen LogP contribution in [0.4, 0.5) is 5.95 Å². The van der Waals surface area contributed by atoms with Crippen LogP contribution in [-0.2, 0) is 0 Å². The Kier molecular flexibility index (Phi) is 3.61. The van der Waals surface area contributed by atoms with Gasteiger partial charge in [-0.2, -0.15) is 0 Å². The van der Waals surface area contributed by atoms with Crippen molar-refractivity contribution >= 4 is 27.8 Å². The van der Waals surface area contributed by atoms with E-state index < -0.39 is 0 Å². The van der Waals surface area contributed by atoms with E-state index in [-0.39, 0.29) is 5.91 Å². The Morgan fingerprint density at radius 2 is 1.94 bits per heavy atom. The Labute approximate surface area is 112 Å². The van der Waals surface area contributed by atoms with Gasteiger partial charge in [0.15, 0.2) is 0 Å². The standard InChI is InChI=1S/C11H12BrN5O/c1-6-3-7(2)15-11(14-6)17-16-10(18)9-4-8(12)5-13-9/h3-5,13H,1-2H3,(H,16,18)(H,14,15,17). The Morgan fingerprint density at radius 1 is 1.28 bits per heavy atom. The molecular formula is C11H12BrN5O. The number of H-pyrrole nitrogens is 1. The molecule has 0 aromatic carbocycles. The summed E-state index contributed by atoms with van der Waals surface area (Å²) < 4.78 is 0.815. The average Bonchev–Trinajstić information content (AvgIpc) is 2.71. The smallest absolute Gasteiger partial charge is 0.286 e. The Bertz CT molecular complexity index is 560. The third kappa shape index (κ3) is 3.07. The summed E-state index contributed by atoms with van der Waals surface area (Å²) in [6.07, 6.45) is 1.68. The number of aromatic nitrogens is 3. The van der Waals surface area contributed by atoms with Crippen molar-refractivity contribution in [3.63, 3.8) is 0 Å². The van der Waals surface area contributed by atoms with Gasteiger partial charge in [0.25, 0.3) is 5.91 Å². The molecule has 1 amide bonds. The number of halogens is 1. The lowest BCUT2D eigenvalue weighted by Crippen LogP contribution is -2.30. The van der Waals surface area contributed by atoms with E-state index in [0.29, 0.717) is 11.6 Å². The second kappa shape index (κ2) is 5.18. The lowest BCUT2D eigenvalue weighted by atomic mass is 10.4. The third-order valence-electron chi connectivity index (χ3n) is 2.16. The average molecular weight is 310 g/mol. The van der Waals surface area contributed by atoms with E-state index in [2.05, 4.69) is 41.7 Å². The van der Waals surface area contributed by atoms with E-state index in [0.717, 1.165) is 15.9 Å². The van der Waals surface area contributed by atoms with Crippen LogP contribution in [0.5, 0.6) is 0 Å². The maximum atomic E-state index is 11.7. The maximum absolute atomic E-state index is 11.7. The molecule has 6 nitrogen and oxygen atoms in total. The van der Waals surface area contributed by atoms with E-state index in [4.69, 9.17) is 0 Å². The van der Waals surface area contributed by atoms with Crippen molar-refractivity contribution < 1.29 is 4.79 Å². The van der Waals surface area contributed by atoms with Gasteiger partial charge < -0.3 is 4.98 Å². The van der Waals surface area contributed by atoms with Gasteiger partial charge >= 0.3 is 0 Å². The molecule has 0 unspecified atom stereocenters. The molecule has 7 heteroatoms. The number of carbonyl (C=O) groups is 1. The maximum Gasteiger partial charge on any atom is 0.286 e. The molecule has 0 saturated carbocycles. The van der Waals surface area contributed by atoms with E-state index in [1.807, 2.05) is 19.9 Å². The van der Waals surface area contributed by atoms with E-state index in [1.165, 1.54) is 0 Å². The highest BCUT2D eigenvalue weighted by atomic mass is 79.9. The van der Waals surface area contributed by atoms with Gasteiger partial charge in [0.05, 0.1) is 0 Å². The highest BCUT2D eigenvalue weighted by Gasteiger charge is 2.08. The lowest BCUT2D eigenvalue weighted by molar-refractivity contribution is 0.0958. The molecular weight excluding hydrogens is 298 g/mol. The second-order valence-corrected chi connectivity index (χ2v) is 4.70. The first-order valence-corrected chi connectivity index (χ1v) is 6.06. The number of aromatic amines is 1. The highest BCUT2D eigenvalue weighted by Crippen LogP contribution is 2.10. The third-order valence-corrected chi connectivity index (χ3v) is 2.62. The van der Waals surface area contributed by atoms with Crippen molar-refractivity contribution in [2.45, 2.75) is 13.8 Å². The topological polar surface area (TPSA) is 82.7 Å². The minimum Gasteiger partial charge on any atom is -0.356 e. The minimum absolute atomic E-state index is 0.288. The summed E-state index contributed by atoms with van der Waals surface area (Å²) in [4.78, 5) is 22.8. The molecule has 0 spiro atoms. The van der Waals surface area contributed by atoms with E-state index in [9.17, 15) is 4.79 Å². The van der Waals surface area contributed by atoms with Gasteiger partial charge in [-0.1, -0.05) is 0 Å². The number of carbonyl (C=O) groups excluding carboxylic acids is 1. The van der Waals surface area contributed by atoms with Crippen molar-refractivity contribution in [3.8, 4) is 0 Å². The Hall–Kier alpha value is -1.89. The number of hydrazine groups is 1. The van der Waals surface area contributed by atoms with Gasteiger partial charge in [-0.15, -0.1) is 0 Å². The fraction of sp³-hybridized carbons (Fsp3) is 0.182. The highest BCUT2D eigenvalue weighted by molar-refractivity contribution is 9.10. The Balaban J connectivity index is 2.01. The van der Waals surface area contributed by atoms with Crippen LogP contribution in [0.2, 0.25) is 0 Å². The molecule has 0 saturated heterocycles. The van der Waals surface area contributed by atoms with Crippen LogP contribution in [0.3, 0.4) is 0 Å². The molecule has 0 fully saturated rings. The van der Waals surface area contributed by atoms with Gasteiger partial charge in [0, 0.05) is 22.1 Å². The fourth-order valence-corrected chi connectivity index (χ4v) is 1.80. The molecule has 0 aliphatic heterocycles. The van der Waals surface area contributed by atoms with E-state index >= 15 is 0 Å². The lowest BCUT2D eigenvalue weighted by Gasteiger charge is -2.07. The van der Waals surface area contributed by atoms with Gasteiger partial charge in [0.1, 0.15) is 5.69 Å². The Morgan fingerprint density at radius 3 is 2.50 bits per heavy atom. The van der Waals surface area contributed by atoms with Gasteiger partial charge in [-0.25, -0.2) is 9.97 Å². The van der Waals surface area contributed by atoms with Gasteiger partial charge in [0.2, 0.25) is 5.95 Å². The number of rotatable bonds is 3. The van der Waals surface area contributed by atoms with Crippen molar-refractivity contribution in [2.75, 3.05) is 5.43 Å². The van der Waals surface area contributed by atoms with Crippen molar-refractivity contribution in [2.24, 2.45) is 0 Å². The first-order valence-electron chi connectivity index (χ1n) is 5.27. The van der Waals surface area contributed by atoms with E-state index in [1.54, 1.807) is 12.3 Å². The second-order valence-electron chi connectivity index (χ2n) is 3.79. The monoisotopic (exact) mass is 309 g/mol. The molecule has 18 heavy (non-hydrogen) atoms. The zero-order chi connectivity index (χ0) is 13.1. The predicted octanol–water partition coefficient (Wildman–Crippen LogP) is 1.94. The summed E-state index contributed by atoms with van der Waals surface area (Å²) in [7, 11) is 0. The van der Waals surface area contributed by atoms with Crippen LogP contribution in [0.1, 0.15) is 21.9 Å². The molecule has 3 N–H and O–H groups in total. The molecule has 2 rings (SSSR count). The molecule has 0 bridgehead atoms. The van der Waals surface area contributed by atoms with Gasteiger partial charge in [-0.3, -0.25) is 15.6 Å². The first-order chi connectivity index (χ1) is 8.54. The molecule has 0 aliphatic rings. The first kappa shape index (κ1) is 12.6. The van der Waals surface area contributed by atoms with Crippen LogP contribution in [-0.4, -0.2) is 20.9 Å². The molecule has 2 aromatic rings. The van der Waals surface area contributed by atoms with Crippen molar-refractivity contribution in [1.82, 2.24) is 20.4 Å². The summed E-state index contributed by atoms with van der Waals surface area (Å²) in [6.45, 7) is 3.73. The van der Waals surface area contributed by atoms with Gasteiger partial charge in [-0.05, 0) is 41.9 Å². The summed E-state index contributed by atoms with van der Waals surface area (Å²) in [5.41, 5.74) is 7.31. The largest absolute Gasteiger partial charge is 0.356 e. The van der Waals surface area contributed by atoms with Crippen LogP contribution in [0, 0.1) is 13.8 Å². The normalized spacial score (nSPS) is 10.2. The zero-order valence-corrected chi connectivity index (χ0v) is 11.5. The molecule has 94 valence electrons. The van der Waals surface area contributed by atoms with Crippen LogP contribution < -0.4 is 10.9 Å². The molecule has 0 atom stereocenters. The number of nitrogens with zero attached hydrogens (tertiary/aromatic N) is 2. The number of amides is 1. The van der Waals surface area contributed by atoms with Crippen molar-refractivity contribution in [3.05, 3.63) is 39.9 Å². The number of nitrogens with one attached hydrogen (secondary N) is 3. The molecule has 2 aromatic heterocycles. The summed E-state index contributed by atoms with van der Waals surface area (Å²) in [5.74, 6) is 0.0786. The SMILES string of the molecule is Cc1cc(C)nc(NNC(=O)c2cc(Br)c[nH]2)n1. The van der Waals surface area contributed by atoms with Crippen molar-refractivity contribution in [1.29, 1.82) is 0 Å². The number of anilines is 1. The quantitative estimate of drug-likeness (QED) is 0.757. The zero-order valence-electron chi connectivity index (χ0n) is 9.91. The van der Waals surface area contributed by atoms with Crippen LogP contribution >= 0.6 is 15.9 Å². The predicted molar refractivity (Wildman–Crippen MR) is 71.1 cm³/mol. The van der Waals surface area contributed by atoms with Crippen LogP contribution in [0.15, 0.2) is 22.8 Å². The number of aryl methyl sites for hydroxylation is 2. The summed E-state index contributed by atoms with van der Waals surface area (Å²) in [5, 5.41) is 0. The minimum atomic E-state index is -0.288. The molecule has 0 aliphatic carbocycles. The summed E-state index contributed by atoms with van der Waals surface area (Å²) in [6, 6.07) is 3.54. The number of hydrogen-bond donors (Lipinski definition) is 3. The molecule has 0 radical (unpaired) electrons. The summed E-state index contributed by atoms with van der Waals surface area (Å²) >= 11 is 3.26. The van der Waals surface area contributed by atoms with Crippen LogP contribution in [0.25, 0.3) is 0 Å². The number of hydrogen-bond acceptors (Lipinski definition) is 4.